The quantitative estimate of drug-likeness (QED) is 0.145. The van der Waals surface area contributed by atoms with Crippen LogP contribution in [-0.2, 0) is 0 Å². The molecule has 4 aromatic carbocycles. The van der Waals surface area contributed by atoms with Gasteiger partial charge in [0.2, 0.25) is 0 Å². The molecule has 0 aliphatic carbocycles. The number of azo groups is 1. The second kappa shape index (κ2) is 16.3. The van der Waals surface area contributed by atoms with Crippen molar-refractivity contribution in [1.29, 1.82) is 0 Å². The van der Waals surface area contributed by atoms with Gasteiger partial charge in [0.05, 0.1) is 52.7 Å². The first kappa shape index (κ1) is 34.9. The standard InChI is InChI=1S/C16H19ClN4O.C8H11ClN2.C8H11NO/c1-10-7-13(18)16(22-4)9-14(10)20-19-11-5-6-15(21(2)3)12(17)8-11;1-11(2)8-4-3-6(10)5-7(8)9;1-6-3-4-7(10-2)5-8(6)9/h5-9H,18H2,1-4H3;3-5H,10H2,1-2H3;3-5H,9H2,1-2H3. The van der Waals surface area contributed by atoms with Crippen LogP contribution in [0.4, 0.5) is 39.8 Å². The lowest BCUT2D eigenvalue weighted by atomic mass is 10.1. The molecule has 0 saturated heterocycles. The van der Waals surface area contributed by atoms with E-state index in [-0.39, 0.29) is 0 Å². The number of benzene rings is 4. The Labute approximate surface area is 264 Å². The molecule has 0 radical (unpaired) electrons. The maximum absolute atomic E-state index is 6.23. The van der Waals surface area contributed by atoms with Gasteiger partial charge < -0.3 is 36.5 Å². The van der Waals surface area contributed by atoms with Crippen molar-refractivity contribution in [2.24, 2.45) is 10.2 Å². The lowest BCUT2D eigenvalue weighted by Crippen LogP contribution is -2.09. The Hall–Kier alpha value is -4.34. The second-order valence-corrected chi connectivity index (χ2v) is 10.8. The molecule has 0 heterocycles. The number of anilines is 5. The van der Waals surface area contributed by atoms with Crippen molar-refractivity contribution in [3.63, 3.8) is 0 Å². The first-order valence-corrected chi connectivity index (χ1v) is 14.0. The van der Waals surface area contributed by atoms with Gasteiger partial charge in [0, 0.05) is 51.7 Å². The van der Waals surface area contributed by atoms with Crippen LogP contribution in [0.3, 0.4) is 0 Å². The summed E-state index contributed by atoms with van der Waals surface area (Å²) < 4.78 is 10.2. The third kappa shape index (κ3) is 10.5. The van der Waals surface area contributed by atoms with E-state index >= 15 is 0 Å². The molecule has 0 bridgehead atoms. The summed E-state index contributed by atoms with van der Waals surface area (Å²) in [6.45, 7) is 3.89. The SMILES string of the molecule is CN(C)c1ccc(N)cc1Cl.COc1cc(N=Nc2ccc(N(C)C)c(Cl)c2)c(C)cc1N.COc1ccc(C)c(N)c1. The van der Waals surface area contributed by atoms with Gasteiger partial charge in [-0.1, -0.05) is 29.3 Å². The van der Waals surface area contributed by atoms with E-state index in [4.69, 9.17) is 49.9 Å². The van der Waals surface area contributed by atoms with Crippen LogP contribution in [0.15, 0.2) is 77.0 Å². The number of aryl methyl sites for hydroxylation is 2. The van der Waals surface area contributed by atoms with E-state index in [1.54, 1.807) is 32.4 Å². The molecule has 0 atom stereocenters. The van der Waals surface area contributed by atoms with Gasteiger partial charge in [-0.3, -0.25) is 0 Å². The van der Waals surface area contributed by atoms with Crippen molar-refractivity contribution < 1.29 is 9.47 Å². The number of nitrogens with two attached hydrogens (primary N) is 3. The molecule has 43 heavy (non-hydrogen) atoms. The minimum absolute atomic E-state index is 0.581. The number of rotatable bonds is 6. The van der Waals surface area contributed by atoms with Gasteiger partial charge in [0.25, 0.3) is 0 Å². The summed E-state index contributed by atoms with van der Waals surface area (Å²) in [5.74, 6) is 1.39. The van der Waals surface area contributed by atoms with Gasteiger partial charge in [0.1, 0.15) is 11.5 Å². The van der Waals surface area contributed by atoms with Gasteiger partial charge in [-0.25, -0.2) is 0 Å². The van der Waals surface area contributed by atoms with Gasteiger partial charge in [-0.2, -0.15) is 10.2 Å². The van der Waals surface area contributed by atoms with Crippen LogP contribution in [0.2, 0.25) is 10.0 Å². The monoisotopic (exact) mass is 625 g/mol. The van der Waals surface area contributed by atoms with Crippen molar-refractivity contribution in [1.82, 2.24) is 0 Å². The number of hydrogen-bond acceptors (Lipinski definition) is 9. The number of halogens is 2. The summed E-state index contributed by atoms with van der Waals surface area (Å²) >= 11 is 12.1. The molecule has 0 aliphatic rings. The van der Waals surface area contributed by atoms with E-state index in [1.807, 2.05) is 100 Å². The highest BCUT2D eigenvalue weighted by molar-refractivity contribution is 6.33. The Morgan fingerprint density at radius 1 is 0.628 bits per heavy atom. The van der Waals surface area contributed by atoms with Gasteiger partial charge in [0.15, 0.2) is 0 Å². The summed E-state index contributed by atoms with van der Waals surface area (Å²) in [5, 5.41) is 9.81. The average Bonchev–Trinajstić information content (AvgIpc) is 2.94. The second-order valence-electron chi connectivity index (χ2n) is 9.94. The molecule has 0 amide bonds. The predicted octanol–water partition coefficient (Wildman–Crippen LogP) is 8.29. The van der Waals surface area contributed by atoms with E-state index < -0.39 is 0 Å². The third-order valence-corrected chi connectivity index (χ3v) is 6.78. The van der Waals surface area contributed by atoms with Crippen LogP contribution in [0.25, 0.3) is 0 Å². The maximum atomic E-state index is 6.23. The largest absolute Gasteiger partial charge is 0.497 e. The van der Waals surface area contributed by atoms with Crippen molar-refractivity contribution in [3.05, 3.63) is 87.9 Å². The third-order valence-electron chi connectivity index (χ3n) is 6.17. The van der Waals surface area contributed by atoms with Crippen LogP contribution >= 0.6 is 23.2 Å². The van der Waals surface area contributed by atoms with E-state index in [0.29, 0.717) is 38.5 Å². The lowest BCUT2D eigenvalue weighted by molar-refractivity contribution is 0.415. The van der Waals surface area contributed by atoms with E-state index in [2.05, 4.69) is 10.2 Å². The van der Waals surface area contributed by atoms with Gasteiger partial charge >= 0.3 is 0 Å². The Kier molecular flexibility index (Phi) is 13.2. The highest BCUT2D eigenvalue weighted by Crippen LogP contribution is 2.33. The van der Waals surface area contributed by atoms with Gasteiger partial charge in [-0.05, 0) is 73.5 Å². The number of ether oxygens (including phenoxy) is 2. The fraction of sp³-hybridized carbons (Fsp3) is 0.250. The maximum Gasteiger partial charge on any atom is 0.143 e. The summed E-state index contributed by atoms with van der Waals surface area (Å²) in [4.78, 5) is 3.89. The molecule has 230 valence electrons. The zero-order valence-corrected chi connectivity index (χ0v) is 27.5. The van der Waals surface area contributed by atoms with Crippen LogP contribution in [-0.4, -0.2) is 42.4 Å². The predicted molar refractivity (Wildman–Crippen MR) is 184 cm³/mol. The van der Waals surface area contributed by atoms with Crippen molar-refractivity contribution in [3.8, 4) is 11.5 Å². The summed E-state index contributed by atoms with van der Waals surface area (Å²) in [7, 11) is 11.0. The van der Waals surface area contributed by atoms with E-state index in [9.17, 15) is 0 Å². The molecule has 11 heteroatoms. The molecular weight excluding hydrogens is 585 g/mol. The summed E-state index contributed by atoms with van der Waals surface area (Å²) in [6.07, 6.45) is 0. The first-order valence-electron chi connectivity index (χ1n) is 13.2. The summed E-state index contributed by atoms with van der Waals surface area (Å²) in [5.41, 5.74) is 24.4. The molecule has 9 nitrogen and oxygen atoms in total. The Morgan fingerprint density at radius 2 is 1.23 bits per heavy atom. The topological polar surface area (TPSA) is 128 Å². The molecule has 6 N–H and O–H groups in total. The minimum Gasteiger partial charge on any atom is -0.497 e. The number of hydrogen-bond donors (Lipinski definition) is 3. The number of nitrogens with zero attached hydrogens (tertiary/aromatic N) is 4. The Bertz CT molecular complexity index is 1540. The zero-order chi connectivity index (χ0) is 32.3. The number of methoxy groups -OCH3 is 2. The van der Waals surface area contributed by atoms with Crippen LogP contribution in [0.5, 0.6) is 11.5 Å². The minimum atomic E-state index is 0.581. The van der Waals surface area contributed by atoms with Crippen LogP contribution < -0.4 is 36.5 Å². The molecule has 0 saturated carbocycles. The molecule has 0 aromatic heterocycles. The zero-order valence-electron chi connectivity index (χ0n) is 25.9. The lowest BCUT2D eigenvalue weighted by Gasteiger charge is -2.14. The fourth-order valence-corrected chi connectivity index (χ4v) is 4.35. The first-order chi connectivity index (χ1) is 20.3. The molecule has 0 fully saturated rings. The van der Waals surface area contributed by atoms with Crippen LogP contribution in [0, 0.1) is 13.8 Å². The Balaban J connectivity index is 0.000000255. The Morgan fingerprint density at radius 3 is 1.74 bits per heavy atom. The average molecular weight is 627 g/mol. The molecule has 0 spiro atoms. The van der Waals surface area contributed by atoms with E-state index in [0.717, 1.165) is 33.9 Å². The molecule has 0 aliphatic heterocycles. The normalized spacial score (nSPS) is 10.3. The van der Waals surface area contributed by atoms with Crippen molar-refractivity contribution in [2.45, 2.75) is 13.8 Å². The van der Waals surface area contributed by atoms with Gasteiger partial charge in [-0.15, -0.1) is 0 Å². The molecular formula is C32H41Cl2N7O2. The van der Waals surface area contributed by atoms with Crippen molar-refractivity contribution in [2.75, 3.05) is 69.4 Å². The molecule has 0 unspecified atom stereocenters. The summed E-state index contributed by atoms with van der Waals surface area (Å²) in [6, 6.07) is 20.3. The van der Waals surface area contributed by atoms with Crippen molar-refractivity contribution >= 4 is 63.0 Å². The fourth-order valence-electron chi connectivity index (χ4n) is 3.65. The molecule has 4 aromatic rings. The smallest absolute Gasteiger partial charge is 0.143 e. The molecule has 4 rings (SSSR count). The van der Waals surface area contributed by atoms with Crippen LogP contribution in [0.1, 0.15) is 11.1 Å². The van der Waals surface area contributed by atoms with E-state index in [1.165, 1.54) is 0 Å². The number of nitrogen functional groups attached to an aromatic ring is 3. The highest BCUT2D eigenvalue weighted by Gasteiger charge is 2.06. The highest BCUT2D eigenvalue weighted by atomic mass is 35.5.